The molecule has 0 fully saturated rings. The van der Waals surface area contributed by atoms with Gasteiger partial charge in [-0.3, -0.25) is 0 Å². The standard InChI is InChI=1S/C11H12Cl2O4/c1-2-7(14)5-17-10-8(11(15)16)3-6(12)4-9(10)13/h3-4,7,14H,2,5H2,1H3,(H,15,16). The molecule has 0 radical (unpaired) electrons. The molecular formula is C11H12Cl2O4. The molecular weight excluding hydrogens is 267 g/mol. The summed E-state index contributed by atoms with van der Waals surface area (Å²) in [5.41, 5.74) is -0.120. The molecule has 4 nitrogen and oxygen atoms in total. The van der Waals surface area contributed by atoms with E-state index in [9.17, 15) is 9.90 Å². The van der Waals surface area contributed by atoms with Gasteiger partial charge in [-0.15, -0.1) is 0 Å². The number of hydrogen-bond acceptors (Lipinski definition) is 3. The second-order valence-corrected chi connectivity index (χ2v) is 4.29. The zero-order valence-electron chi connectivity index (χ0n) is 9.11. The predicted molar refractivity (Wildman–Crippen MR) is 65.2 cm³/mol. The van der Waals surface area contributed by atoms with Crippen molar-refractivity contribution in [2.45, 2.75) is 19.4 Å². The first-order valence-corrected chi connectivity index (χ1v) is 5.74. The van der Waals surface area contributed by atoms with E-state index in [1.54, 1.807) is 6.92 Å². The number of benzene rings is 1. The summed E-state index contributed by atoms with van der Waals surface area (Å²) in [6.45, 7) is 1.77. The van der Waals surface area contributed by atoms with Crippen molar-refractivity contribution >= 4 is 29.2 Å². The molecule has 0 heterocycles. The van der Waals surface area contributed by atoms with Crippen LogP contribution < -0.4 is 4.74 Å². The van der Waals surface area contributed by atoms with Crippen molar-refractivity contribution in [1.29, 1.82) is 0 Å². The molecule has 0 saturated heterocycles. The van der Waals surface area contributed by atoms with Crippen molar-refractivity contribution < 1.29 is 19.7 Å². The van der Waals surface area contributed by atoms with E-state index in [-0.39, 0.29) is 28.0 Å². The Labute approximate surface area is 109 Å². The highest BCUT2D eigenvalue weighted by atomic mass is 35.5. The van der Waals surface area contributed by atoms with Crippen LogP contribution in [-0.2, 0) is 0 Å². The van der Waals surface area contributed by atoms with Gasteiger partial charge in [0, 0.05) is 5.02 Å². The lowest BCUT2D eigenvalue weighted by molar-refractivity contribution is 0.0682. The lowest BCUT2D eigenvalue weighted by atomic mass is 10.2. The first-order valence-electron chi connectivity index (χ1n) is 4.98. The van der Waals surface area contributed by atoms with Crippen LogP contribution in [0, 0.1) is 0 Å². The monoisotopic (exact) mass is 278 g/mol. The zero-order valence-corrected chi connectivity index (χ0v) is 10.6. The molecule has 1 atom stereocenters. The van der Waals surface area contributed by atoms with Gasteiger partial charge < -0.3 is 14.9 Å². The predicted octanol–water partition coefficient (Wildman–Crippen LogP) is 2.84. The Morgan fingerprint density at radius 2 is 2.12 bits per heavy atom. The quantitative estimate of drug-likeness (QED) is 0.869. The van der Waals surface area contributed by atoms with Crippen LogP contribution in [0.25, 0.3) is 0 Å². The van der Waals surface area contributed by atoms with Gasteiger partial charge >= 0.3 is 5.97 Å². The number of rotatable bonds is 5. The largest absolute Gasteiger partial charge is 0.488 e. The van der Waals surface area contributed by atoms with Crippen LogP contribution in [0.1, 0.15) is 23.7 Å². The van der Waals surface area contributed by atoms with Crippen molar-refractivity contribution in [1.82, 2.24) is 0 Å². The molecule has 0 aliphatic heterocycles. The highest BCUT2D eigenvalue weighted by Gasteiger charge is 2.17. The van der Waals surface area contributed by atoms with Crippen LogP contribution >= 0.6 is 23.2 Å². The van der Waals surface area contributed by atoms with E-state index in [0.717, 1.165) is 0 Å². The molecule has 1 rings (SSSR count). The van der Waals surface area contributed by atoms with Gasteiger partial charge in [-0.25, -0.2) is 4.79 Å². The van der Waals surface area contributed by atoms with Gasteiger partial charge in [-0.1, -0.05) is 30.1 Å². The summed E-state index contributed by atoms with van der Waals surface area (Å²) in [6, 6.07) is 2.65. The number of hydrogen-bond donors (Lipinski definition) is 2. The molecule has 0 spiro atoms. The average Bonchev–Trinajstić information content (AvgIpc) is 2.26. The second-order valence-electron chi connectivity index (χ2n) is 3.44. The van der Waals surface area contributed by atoms with Crippen LogP contribution in [-0.4, -0.2) is 28.9 Å². The van der Waals surface area contributed by atoms with Crippen molar-refractivity contribution in [3.63, 3.8) is 0 Å². The van der Waals surface area contributed by atoms with Crippen molar-refractivity contribution in [3.05, 3.63) is 27.7 Å². The summed E-state index contributed by atoms with van der Waals surface area (Å²) in [5, 5.41) is 18.7. The fourth-order valence-electron chi connectivity index (χ4n) is 1.16. The number of ether oxygens (including phenoxy) is 1. The number of aliphatic hydroxyl groups is 1. The molecule has 0 bridgehead atoms. The number of carbonyl (C=O) groups is 1. The van der Waals surface area contributed by atoms with E-state index in [4.69, 9.17) is 33.0 Å². The lowest BCUT2D eigenvalue weighted by Gasteiger charge is -2.13. The highest BCUT2D eigenvalue weighted by molar-refractivity contribution is 6.36. The number of aromatic carboxylic acids is 1. The van der Waals surface area contributed by atoms with Crippen LogP contribution in [0.5, 0.6) is 5.75 Å². The zero-order chi connectivity index (χ0) is 13.0. The summed E-state index contributed by atoms with van der Waals surface area (Å²) in [4.78, 5) is 11.0. The van der Waals surface area contributed by atoms with Crippen LogP contribution in [0.3, 0.4) is 0 Å². The third-order valence-electron chi connectivity index (χ3n) is 2.13. The number of halogens is 2. The summed E-state index contributed by atoms with van der Waals surface area (Å²) >= 11 is 11.6. The topological polar surface area (TPSA) is 66.8 Å². The normalized spacial score (nSPS) is 12.2. The smallest absolute Gasteiger partial charge is 0.339 e. The minimum atomic E-state index is -1.18. The summed E-state index contributed by atoms with van der Waals surface area (Å²) < 4.78 is 5.22. The van der Waals surface area contributed by atoms with Gasteiger partial charge in [0.15, 0.2) is 5.75 Å². The third-order valence-corrected chi connectivity index (χ3v) is 2.63. The SMILES string of the molecule is CCC(O)COc1c(Cl)cc(Cl)cc1C(=O)O. The van der Waals surface area contributed by atoms with Gasteiger partial charge in [0.25, 0.3) is 0 Å². The number of carboxylic acid groups (broad SMARTS) is 1. The lowest BCUT2D eigenvalue weighted by Crippen LogP contribution is -2.17. The maximum atomic E-state index is 11.0. The molecule has 1 aromatic carbocycles. The molecule has 1 aromatic rings. The van der Waals surface area contributed by atoms with Gasteiger partial charge in [-0.05, 0) is 18.6 Å². The molecule has 6 heteroatoms. The molecule has 0 amide bonds. The van der Waals surface area contributed by atoms with Gasteiger partial charge in [0.05, 0.1) is 11.1 Å². The maximum Gasteiger partial charge on any atom is 0.339 e. The first-order chi connectivity index (χ1) is 7.95. The minimum absolute atomic E-state index is 0.0157. The Kier molecular flexibility index (Phi) is 5.05. The van der Waals surface area contributed by atoms with E-state index in [1.807, 2.05) is 0 Å². The number of carboxylic acids is 1. The molecule has 1 unspecified atom stereocenters. The maximum absolute atomic E-state index is 11.0. The first kappa shape index (κ1) is 14.1. The van der Waals surface area contributed by atoms with Crippen molar-refractivity contribution in [2.75, 3.05) is 6.61 Å². The number of aliphatic hydroxyl groups excluding tert-OH is 1. The Morgan fingerprint density at radius 3 is 2.65 bits per heavy atom. The summed E-state index contributed by atoms with van der Waals surface area (Å²) in [5.74, 6) is -1.16. The van der Waals surface area contributed by atoms with Gasteiger partial charge in [0.1, 0.15) is 12.2 Å². The minimum Gasteiger partial charge on any atom is -0.488 e. The molecule has 0 aliphatic rings. The van der Waals surface area contributed by atoms with Gasteiger partial charge in [0.2, 0.25) is 0 Å². The van der Waals surface area contributed by atoms with E-state index in [2.05, 4.69) is 0 Å². The summed E-state index contributed by atoms with van der Waals surface area (Å²) in [7, 11) is 0. The van der Waals surface area contributed by atoms with Crippen molar-refractivity contribution in [2.24, 2.45) is 0 Å². The molecule has 17 heavy (non-hydrogen) atoms. The Bertz CT molecular complexity index is 420. The van der Waals surface area contributed by atoms with E-state index in [0.29, 0.717) is 6.42 Å². The van der Waals surface area contributed by atoms with E-state index < -0.39 is 12.1 Å². The Balaban J connectivity index is 3.00. The van der Waals surface area contributed by atoms with Crippen LogP contribution in [0.4, 0.5) is 0 Å². The molecule has 94 valence electrons. The second kappa shape index (κ2) is 6.10. The van der Waals surface area contributed by atoms with Crippen LogP contribution in [0.2, 0.25) is 10.0 Å². The third kappa shape index (κ3) is 3.77. The van der Waals surface area contributed by atoms with Crippen molar-refractivity contribution in [3.8, 4) is 5.75 Å². The molecule has 0 saturated carbocycles. The average molecular weight is 279 g/mol. The van der Waals surface area contributed by atoms with E-state index >= 15 is 0 Å². The molecule has 0 aliphatic carbocycles. The fraction of sp³-hybridized carbons (Fsp3) is 0.364. The fourth-order valence-corrected chi connectivity index (χ4v) is 1.71. The molecule has 0 aromatic heterocycles. The summed E-state index contributed by atoms with van der Waals surface area (Å²) in [6.07, 6.45) is -0.156. The van der Waals surface area contributed by atoms with Crippen LogP contribution in [0.15, 0.2) is 12.1 Å². The Morgan fingerprint density at radius 1 is 1.47 bits per heavy atom. The highest BCUT2D eigenvalue weighted by Crippen LogP contribution is 2.32. The Hall–Kier alpha value is -0.970. The molecule has 2 N–H and O–H groups in total. The van der Waals surface area contributed by atoms with Gasteiger partial charge in [-0.2, -0.15) is 0 Å². The van der Waals surface area contributed by atoms with E-state index in [1.165, 1.54) is 12.1 Å².